The standard InChI is InChI=1S/C16H14FN5O/c17-14-8-12(9-18)4-5-13(14)10-23-16-3-1-2-15(21-16)22-7-6-19-20-11-22/h1-5,8,11,19H,6-7,10H2. The number of halogens is 1. The highest BCUT2D eigenvalue weighted by atomic mass is 19.1. The summed E-state index contributed by atoms with van der Waals surface area (Å²) in [5.41, 5.74) is 3.52. The van der Waals surface area contributed by atoms with E-state index in [4.69, 9.17) is 10.00 Å². The molecule has 0 saturated carbocycles. The Balaban J connectivity index is 1.70. The van der Waals surface area contributed by atoms with Crippen molar-refractivity contribution in [2.24, 2.45) is 5.10 Å². The molecule has 23 heavy (non-hydrogen) atoms. The molecular formula is C16H14FN5O. The molecule has 0 aliphatic carbocycles. The van der Waals surface area contributed by atoms with E-state index in [2.05, 4.69) is 15.5 Å². The van der Waals surface area contributed by atoms with Crippen LogP contribution in [0, 0.1) is 17.1 Å². The second-order valence-corrected chi connectivity index (χ2v) is 4.89. The Bertz CT molecular complexity index is 771. The van der Waals surface area contributed by atoms with Crippen LogP contribution in [0.15, 0.2) is 41.5 Å². The number of pyridine rings is 1. The molecule has 1 aromatic carbocycles. The molecule has 2 heterocycles. The number of rotatable bonds is 4. The number of ether oxygens (including phenoxy) is 1. The summed E-state index contributed by atoms with van der Waals surface area (Å²) < 4.78 is 19.4. The lowest BCUT2D eigenvalue weighted by molar-refractivity contribution is 0.288. The fraction of sp³-hybridized carbons (Fsp3) is 0.188. The first-order valence-corrected chi connectivity index (χ1v) is 7.07. The van der Waals surface area contributed by atoms with E-state index in [0.29, 0.717) is 17.3 Å². The van der Waals surface area contributed by atoms with Gasteiger partial charge in [0.15, 0.2) is 0 Å². The molecule has 1 aliphatic rings. The third-order valence-electron chi connectivity index (χ3n) is 3.31. The second-order valence-electron chi connectivity index (χ2n) is 4.89. The molecule has 0 spiro atoms. The van der Waals surface area contributed by atoms with Crippen LogP contribution in [0.3, 0.4) is 0 Å². The SMILES string of the molecule is N#Cc1ccc(COc2cccc(N3C=NNCC3)n2)c(F)c1. The van der Waals surface area contributed by atoms with E-state index >= 15 is 0 Å². The number of hydrogen-bond donors (Lipinski definition) is 1. The molecule has 1 aliphatic heterocycles. The lowest BCUT2D eigenvalue weighted by Crippen LogP contribution is -2.35. The Morgan fingerprint density at radius 3 is 3.00 bits per heavy atom. The van der Waals surface area contributed by atoms with Crippen LogP contribution in [0.2, 0.25) is 0 Å². The number of aromatic nitrogens is 1. The van der Waals surface area contributed by atoms with Crippen molar-refractivity contribution in [1.29, 1.82) is 5.26 Å². The van der Waals surface area contributed by atoms with Crippen molar-refractivity contribution < 1.29 is 9.13 Å². The van der Waals surface area contributed by atoms with Gasteiger partial charge in [-0.05, 0) is 18.2 Å². The van der Waals surface area contributed by atoms with E-state index in [1.165, 1.54) is 6.07 Å². The van der Waals surface area contributed by atoms with Crippen molar-refractivity contribution in [2.45, 2.75) is 6.61 Å². The summed E-state index contributed by atoms with van der Waals surface area (Å²) in [7, 11) is 0. The molecule has 0 bridgehead atoms. The van der Waals surface area contributed by atoms with Gasteiger partial charge in [0.05, 0.1) is 18.2 Å². The zero-order valence-electron chi connectivity index (χ0n) is 12.2. The van der Waals surface area contributed by atoms with Gasteiger partial charge in [-0.25, -0.2) is 4.39 Å². The van der Waals surface area contributed by atoms with E-state index < -0.39 is 5.82 Å². The van der Waals surface area contributed by atoms with Gasteiger partial charge in [0.25, 0.3) is 0 Å². The van der Waals surface area contributed by atoms with Crippen molar-refractivity contribution in [2.75, 3.05) is 18.0 Å². The van der Waals surface area contributed by atoms with Crippen LogP contribution in [-0.2, 0) is 6.61 Å². The third-order valence-corrected chi connectivity index (χ3v) is 3.31. The molecule has 0 atom stereocenters. The van der Waals surface area contributed by atoms with Crippen molar-refractivity contribution in [3.05, 3.63) is 53.3 Å². The Labute approximate surface area is 132 Å². The maximum absolute atomic E-state index is 13.8. The summed E-state index contributed by atoms with van der Waals surface area (Å²) in [6.45, 7) is 1.54. The molecule has 7 heteroatoms. The third kappa shape index (κ3) is 3.55. The summed E-state index contributed by atoms with van der Waals surface area (Å²) in [6.07, 6.45) is 1.66. The summed E-state index contributed by atoms with van der Waals surface area (Å²) in [6, 6.07) is 11.6. The highest BCUT2D eigenvalue weighted by molar-refractivity contribution is 5.77. The quantitative estimate of drug-likeness (QED) is 0.935. The number of benzene rings is 1. The molecule has 0 saturated heterocycles. The molecule has 6 nitrogen and oxygen atoms in total. The van der Waals surface area contributed by atoms with Gasteiger partial charge >= 0.3 is 0 Å². The lowest BCUT2D eigenvalue weighted by Gasteiger charge is -2.22. The Morgan fingerprint density at radius 2 is 2.26 bits per heavy atom. The number of nitrogens with one attached hydrogen (secondary N) is 1. The molecule has 116 valence electrons. The van der Waals surface area contributed by atoms with Crippen LogP contribution >= 0.6 is 0 Å². The van der Waals surface area contributed by atoms with Crippen LogP contribution in [0.4, 0.5) is 10.2 Å². The molecule has 0 radical (unpaired) electrons. The average molecular weight is 311 g/mol. The van der Waals surface area contributed by atoms with E-state index in [1.807, 2.05) is 23.1 Å². The summed E-state index contributed by atoms with van der Waals surface area (Å²) in [4.78, 5) is 6.28. The van der Waals surface area contributed by atoms with Gasteiger partial charge in [-0.2, -0.15) is 15.3 Å². The van der Waals surface area contributed by atoms with Gasteiger partial charge in [0.1, 0.15) is 24.6 Å². The number of hydrogen-bond acceptors (Lipinski definition) is 6. The van der Waals surface area contributed by atoms with Crippen LogP contribution in [-0.4, -0.2) is 24.4 Å². The molecule has 3 rings (SSSR count). The number of anilines is 1. The predicted octanol–water partition coefficient (Wildman–Crippen LogP) is 2.02. The molecular weight excluding hydrogens is 297 g/mol. The largest absolute Gasteiger partial charge is 0.473 e. The zero-order valence-corrected chi connectivity index (χ0v) is 12.2. The van der Waals surface area contributed by atoms with Crippen LogP contribution < -0.4 is 15.1 Å². The average Bonchev–Trinajstić information content (AvgIpc) is 2.61. The lowest BCUT2D eigenvalue weighted by atomic mass is 10.1. The van der Waals surface area contributed by atoms with E-state index in [-0.39, 0.29) is 12.2 Å². The van der Waals surface area contributed by atoms with Gasteiger partial charge in [-0.1, -0.05) is 12.1 Å². The minimum absolute atomic E-state index is 0.0453. The van der Waals surface area contributed by atoms with Crippen LogP contribution in [0.5, 0.6) is 5.88 Å². The predicted molar refractivity (Wildman–Crippen MR) is 83.5 cm³/mol. The zero-order chi connectivity index (χ0) is 16.1. The maximum atomic E-state index is 13.8. The number of hydrazone groups is 1. The maximum Gasteiger partial charge on any atom is 0.215 e. The molecule has 1 aromatic heterocycles. The Hall–Kier alpha value is -3.14. The molecule has 1 N–H and O–H groups in total. The fourth-order valence-corrected chi connectivity index (χ4v) is 2.11. The number of nitrogens with zero attached hydrogens (tertiary/aromatic N) is 4. The summed E-state index contributed by atoms with van der Waals surface area (Å²) in [5.74, 6) is 0.653. The minimum Gasteiger partial charge on any atom is -0.473 e. The van der Waals surface area contributed by atoms with E-state index in [1.54, 1.807) is 24.5 Å². The highest BCUT2D eigenvalue weighted by Gasteiger charge is 2.10. The van der Waals surface area contributed by atoms with Crippen LogP contribution in [0.25, 0.3) is 0 Å². The topological polar surface area (TPSA) is 73.5 Å². The highest BCUT2D eigenvalue weighted by Crippen LogP contribution is 2.18. The molecule has 0 unspecified atom stereocenters. The van der Waals surface area contributed by atoms with E-state index in [0.717, 1.165) is 13.1 Å². The van der Waals surface area contributed by atoms with Crippen molar-refractivity contribution in [3.8, 4) is 11.9 Å². The molecule has 2 aromatic rings. The van der Waals surface area contributed by atoms with Gasteiger partial charge < -0.3 is 15.1 Å². The van der Waals surface area contributed by atoms with Crippen LogP contribution in [0.1, 0.15) is 11.1 Å². The smallest absolute Gasteiger partial charge is 0.215 e. The van der Waals surface area contributed by atoms with Crippen molar-refractivity contribution in [3.63, 3.8) is 0 Å². The van der Waals surface area contributed by atoms with Gasteiger partial charge in [0.2, 0.25) is 5.88 Å². The first-order valence-electron chi connectivity index (χ1n) is 7.07. The number of nitriles is 1. The first kappa shape index (κ1) is 14.8. The monoisotopic (exact) mass is 311 g/mol. The van der Waals surface area contributed by atoms with E-state index in [9.17, 15) is 4.39 Å². The molecule has 0 amide bonds. The van der Waals surface area contributed by atoms with Gasteiger partial charge in [0, 0.05) is 18.2 Å². The van der Waals surface area contributed by atoms with Crippen molar-refractivity contribution >= 4 is 12.2 Å². The summed E-state index contributed by atoms with van der Waals surface area (Å²) >= 11 is 0. The Morgan fingerprint density at radius 1 is 1.35 bits per heavy atom. The minimum atomic E-state index is -0.463. The van der Waals surface area contributed by atoms with Gasteiger partial charge in [-0.3, -0.25) is 0 Å². The molecule has 0 fully saturated rings. The Kier molecular flexibility index (Phi) is 4.34. The summed E-state index contributed by atoms with van der Waals surface area (Å²) in [5, 5.41) is 12.7. The van der Waals surface area contributed by atoms with Gasteiger partial charge in [-0.15, -0.1) is 0 Å². The first-order chi connectivity index (χ1) is 11.3. The normalized spacial score (nSPS) is 13.3. The second kappa shape index (κ2) is 6.75. The van der Waals surface area contributed by atoms with Crippen molar-refractivity contribution in [1.82, 2.24) is 10.4 Å². The fourth-order valence-electron chi connectivity index (χ4n) is 2.11.